The average molecular weight is 263 g/mol. The zero-order valence-corrected chi connectivity index (χ0v) is 12.3. The summed E-state index contributed by atoms with van der Waals surface area (Å²) in [5.41, 5.74) is 6.78. The van der Waals surface area contributed by atoms with Crippen LogP contribution in [0.4, 0.5) is 5.82 Å². The third kappa shape index (κ3) is 3.33. The first-order chi connectivity index (χ1) is 8.46. The number of nitrogens with zero attached hydrogens (tertiary/aromatic N) is 2. The number of nitrogens with two attached hydrogens (primary N) is 1. The van der Waals surface area contributed by atoms with Gasteiger partial charge in [-0.05, 0) is 12.1 Å². The third-order valence-electron chi connectivity index (χ3n) is 2.90. The van der Waals surface area contributed by atoms with E-state index < -0.39 is 8.07 Å². The predicted octanol–water partition coefficient (Wildman–Crippen LogP) is 2.93. The van der Waals surface area contributed by atoms with E-state index in [1.165, 1.54) is 6.04 Å². The molecule has 4 nitrogen and oxygen atoms in total. The van der Waals surface area contributed by atoms with Gasteiger partial charge in [0.05, 0.1) is 5.52 Å². The van der Waals surface area contributed by atoms with E-state index >= 15 is 0 Å². The number of fused-ring (bicyclic) bond motifs is 1. The van der Waals surface area contributed by atoms with Gasteiger partial charge in [-0.1, -0.05) is 19.6 Å². The van der Waals surface area contributed by atoms with E-state index in [-0.39, 0.29) is 0 Å². The Labute approximate surface area is 109 Å². The van der Waals surface area contributed by atoms with Crippen molar-refractivity contribution < 1.29 is 4.74 Å². The van der Waals surface area contributed by atoms with Crippen molar-refractivity contribution in [1.29, 1.82) is 0 Å². The molecule has 0 bridgehead atoms. The maximum absolute atomic E-state index is 5.74. The number of anilines is 1. The van der Waals surface area contributed by atoms with Crippen LogP contribution in [0.3, 0.4) is 0 Å². The number of aromatic nitrogens is 2. The maximum atomic E-state index is 5.74. The van der Waals surface area contributed by atoms with Crippen molar-refractivity contribution in [2.45, 2.75) is 32.4 Å². The quantitative estimate of drug-likeness (QED) is 0.666. The average Bonchev–Trinajstić information content (AvgIpc) is 2.66. The van der Waals surface area contributed by atoms with Crippen LogP contribution in [0.2, 0.25) is 25.7 Å². The molecular formula is C13H21N3OSi. The molecule has 0 unspecified atom stereocenters. The first-order valence-electron chi connectivity index (χ1n) is 6.24. The van der Waals surface area contributed by atoms with Gasteiger partial charge in [0, 0.05) is 38.5 Å². The van der Waals surface area contributed by atoms with Gasteiger partial charge in [-0.3, -0.25) is 0 Å². The lowest BCUT2D eigenvalue weighted by Crippen LogP contribution is -2.21. The second-order valence-corrected chi connectivity index (χ2v) is 11.4. The SMILES string of the molecule is C[Si](C)(C)CCOCn1ccc2cnc(N)cc21. The summed E-state index contributed by atoms with van der Waals surface area (Å²) in [7, 11) is -1.01. The number of hydrogen-bond acceptors (Lipinski definition) is 3. The normalized spacial score (nSPS) is 12.2. The van der Waals surface area contributed by atoms with E-state index in [0.29, 0.717) is 12.5 Å². The van der Waals surface area contributed by atoms with E-state index in [1.807, 2.05) is 18.3 Å². The second-order valence-electron chi connectivity index (χ2n) is 5.80. The van der Waals surface area contributed by atoms with Gasteiger partial charge in [-0.15, -0.1) is 0 Å². The zero-order valence-electron chi connectivity index (χ0n) is 11.3. The van der Waals surface area contributed by atoms with E-state index in [9.17, 15) is 0 Å². The minimum atomic E-state index is -1.01. The van der Waals surface area contributed by atoms with Gasteiger partial charge in [-0.2, -0.15) is 0 Å². The molecule has 0 amide bonds. The Morgan fingerprint density at radius 1 is 1.39 bits per heavy atom. The number of ether oxygens (including phenoxy) is 1. The molecule has 18 heavy (non-hydrogen) atoms. The molecule has 0 aliphatic heterocycles. The van der Waals surface area contributed by atoms with Crippen molar-refractivity contribution in [2.75, 3.05) is 12.3 Å². The lowest BCUT2D eigenvalue weighted by molar-refractivity contribution is 0.0902. The molecule has 0 aliphatic carbocycles. The molecule has 0 spiro atoms. The van der Waals surface area contributed by atoms with Crippen molar-refractivity contribution >= 4 is 24.8 Å². The van der Waals surface area contributed by atoms with Crippen LogP contribution in [0, 0.1) is 0 Å². The summed E-state index contributed by atoms with van der Waals surface area (Å²) < 4.78 is 7.81. The fourth-order valence-electron chi connectivity index (χ4n) is 1.75. The molecule has 0 radical (unpaired) electrons. The largest absolute Gasteiger partial charge is 0.384 e. The second kappa shape index (κ2) is 5.12. The van der Waals surface area contributed by atoms with Gasteiger partial charge in [0.15, 0.2) is 0 Å². The van der Waals surface area contributed by atoms with Crippen LogP contribution in [0.25, 0.3) is 10.9 Å². The summed E-state index contributed by atoms with van der Waals surface area (Å²) in [5, 5.41) is 1.10. The molecule has 0 saturated heterocycles. The Morgan fingerprint density at radius 3 is 2.89 bits per heavy atom. The summed E-state index contributed by atoms with van der Waals surface area (Å²) in [6.45, 7) is 8.47. The fraction of sp³-hybridized carbons (Fsp3) is 0.462. The van der Waals surface area contributed by atoms with Crippen LogP contribution in [0.15, 0.2) is 24.5 Å². The first kappa shape index (κ1) is 13.1. The molecule has 5 heteroatoms. The fourth-order valence-corrected chi connectivity index (χ4v) is 2.51. The number of nitrogen functional groups attached to an aromatic ring is 1. The van der Waals surface area contributed by atoms with E-state index in [0.717, 1.165) is 17.5 Å². The molecule has 0 saturated carbocycles. The highest BCUT2D eigenvalue weighted by molar-refractivity contribution is 6.76. The van der Waals surface area contributed by atoms with Crippen LogP contribution in [0.5, 0.6) is 0 Å². The summed E-state index contributed by atoms with van der Waals surface area (Å²) in [4.78, 5) is 4.08. The molecule has 0 fully saturated rings. The number of rotatable bonds is 5. The topological polar surface area (TPSA) is 53.1 Å². The Morgan fingerprint density at radius 2 is 2.17 bits per heavy atom. The summed E-state index contributed by atoms with van der Waals surface area (Å²) in [5.74, 6) is 0.546. The monoisotopic (exact) mass is 263 g/mol. The van der Waals surface area contributed by atoms with Crippen LogP contribution in [-0.4, -0.2) is 24.2 Å². The predicted molar refractivity (Wildman–Crippen MR) is 78.3 cm³/mol. The van der Waals surface area contributed by atoms with Crippen molar-refractivity contribution in [3.63, 3.8) is 0 Å². The zero-order chi connectivity index (χ0) is 13.2. The summed E-state index contributed by atoms with van der Waals surface area (Å²) in [6.07, 6.45) is 3.81. The molecule has 0 aromatic carbocycles. The van der Waals surface area contributed by atoms with Crippen molar-refractivity contribution in [3.05, 3.63) is 24.5 Å². The van der Waals surface area contributed by atoms with Crippen LogP contribution >= 0.6 is 0 Å². The smallest absolute Gasteiger partial charge is 0.125 e. The molecule has 98 valence electrons. The summed E-state index contributed by atoms with van der Waals surface area (Å²) >= 11 is 0. The van der Waals surface area contributed by atoms with Gasteiger partial charge < -0.3 is 15.0 Å². The Kier molecular flexibility index (Phi) is 3.73. The minimum absolute atomic E-state index is 0.546. The lowest BCUT2D eigenvalue weighted by Gasteiger charge is -2.15. The van der Waals surface area contributed by atoms with E-state index in [2.05, 4.69) is 29.2 Å². The summed E-state index contributed by atoms with van der Waals surface area (Å²) in [6, 6.07) is 5.11. The standard InChI is InChI=1S/C13H21N3OSi/c1-18(2,3)7-6-17-10-16-5-4-11-9-15-13(14)8-12(11)16/h4-5,8-9H,6-7,10H2,1-3H3,(H2,14,15). The Bertz CT molecular complexity index is 531. The minimum Gasteiger partial charge on any atom is -0.384 e. The van der Waals surface area contributed by atoms with Gasteiger partial charge in [0.25, 0.3) is 0 Å². The lowest BCUT2D eigenvalue weighted by atomic mass is 10.3. The van der Waals surface area contributed by atoms with Crippen molar-refractivity contribution in [2.24, 2.45) is 0 Å². The van der Waals surface area contributed by atoms with Crippen molar-refractivity contribution in [3.8, 4) is 0 Å². The highest BCUT2D eigenvalue weighted by Gasteiger charge is 2.12. The molecule has 2 heterocycles. The Balaban J connectivity index is 1.98. The van der Waals surface area contributed by atoms with Crippen LogP contribution < -0.4 is 5.73 Å². The molecule has 0 aliphatic rings. The van der Waals surface area contributed by atoms with Gasteiger partial charge >= 0.3 is 0 Å². The van der Waals surface area contributed by atoms with Gasteiger partial charge in [-0.25, -0.2) is 4.98 Å². The Hall–Kier alpha value is -1.33. The van der Waals surface area contributed by atoms with Crippen LogP contribution in [0.1, 0.15) is 0 Å². The highest BCUT2D eigenvalue weighted by atomic mass is 28.3. The molecule has 2 aromatic rings. The van der Waals surface area contributed by atoms with E-state index in [4.69, 9.17) is 10.5 Å². The molecule has 0 atom stereocenters. The molecule has 2 rings (SSSR count). The van der Waals surface area contributed by atoms with Gasteiger partial charge in [0.2, 0.25) is 0 Å². The molecule has 2 N–H and O–H groups in total. The molecule has 2 aromatic heterocycles. The van der Waals surface area contributed by atoms with Crippen LogP contribution in [-0.2, 0) is 11.5 Å². The first-order valence-corrected chi connectivity index (χ1v) is 9.94. The van der Waals surface area contributed by atoms with Gasteiger partial charge in [0.1, 0.15) is 12.5 Å². The van der Waals surface area contributed by atoms with E-state index in [1.54, 1.807) is 6.20 Å². The third-order valence-corrected chi connectivity index (χ3v) is 4.61. The maximum Gasteiger partial charge on any atom is 0.125 e. The number of hydrogen-bond donors (Lipinski definition) is 1. The van der Waals surface area contributed by atoms with Crippen molar-refractivity contribution in [1.82, 2.24) is 9.55 Å². The highest BCUT2D eigenvalue weighted by Crippen LogP contribution is 2.17. The number of pyridine rings is 1. The molecular weight excluding hydrogens is 242 g/mol.